The van der Waals surface area contributed by atoms with Crippen LogP contribution < -0.4 is 20.2 Å². The van der Waals surface area contributed by atoms with Crippen molar-refractivity contribution in [2.24, 2.45) is 5.10 Å². The third-order valence-electron chi connectivity index (χ3n) is 4.11. The van der Waals surface area contributed by atoms with Crippen LogP contribution in [0.1, 0.15) is 29.3 Å². The van der Waals surface area contributed by atoms with Gasteiger partial charge in [-0.05, 0) is 62.7 Å². The normalized spacial score (nSPS) is 11.2. The molecule has 26 heavy (non-hydrogen) atoms. The standard InChI is InChI=1S/C19H26N4O2S/c1-12-11-21-13(2)18(12)14(3)22-23-19(26)20-9-8-15-6-7-16(24-4)17(10-15)25-5/h6-7,10-11,21H,8-9H2,1-5H3,(H2,20,23,26)/b22-14+. The molecule has 0 aliphatic rings. The lowest BCUT2D eigenvalue weighted by Crippen LogP contribution is -2.34. The molecule has 0 saturated heterocycles. The summed E-state index contributed by atoms with van der Waals surface area (Å²) >= 11 is 5.29. The topological polar surface area (TPSA) is 70.7 Å². The van der Waals surface area contributed by atoms with Gasteiger partial charge in [-0.2, -0.15) is 5.10 Å². The molecule has 0 atom stereocenters. The molecule has 3 N–H and O–H groups in total. The van der Waals surface area contributed by atoms with Crippen molar-refractivity contribution in [3.63, 3.8) is 0 Å². The minimum atomic E-state index is 0.496. The largest absolute Gasteiger partial charge is 0.493 e. The summed E-state index contributed by atoms with van der Waals surface area (Å²) in [7, 11) is 3.26. The summed E-state index contributed by atoms with van der Waals surface area (Å²) in [5.74, 6) is 1.45. The van der Waals surface area contributed by atoms with Gasteiger partial charge >= 0.3 is 0 Å². The number of nitrogens with one attached hydrogen (secondary N) is 3. The average Bonchev–Trinajstić information content (AvgIpc) is 2.98. The van der Waals surface area contributed by atoms with E-state index in [9.17, 15) is 0 Å². The third-order valence-corrected chi connectivity index (χ3v) is 4.34. The molecule has 0 aliphatic heterocycles. The summed E-state index contributed by atoms with van der Waals surface area (Å²) in [6.07, 6.45) is 2.78. The maximum Gasteiger partial charge on any atom is 0.186 e. The first-order valence-corrected chi connectivity index (χ1v) is 8.81. The summed E-state index contributed by atoms with van der Waals surface area (Å²) in [5.41, 5.74) is 8.31. The Hall–Kier alpha value is -2.54. The van der Waals surface area contributed by atoms with Gasteiger partial charge in [0.15, 0.2) is 16.6 Å². The number of ether oxygens (including phenoxy) is 2. The van der Waals surface area contributed by atoms with Crippen molar-refractivity contribution in [2.75, 3.05) is 20.8 Å². The lowest BCUT2D eigenvalue weighted by molar-refractivity contribution is 0.354. The molecular weight excluding hydrogens is 348 g/mol. The number of hydrogen-bond acceptors (Lipinski definition) is 4. The predicted molar refractivity (Wildman–Crippen MR) is 109 cm³/mol. The van der Waals surface area contributed by atoms with Gasteiger partial charge < -0.3 is 19.8 Å². The van der Waals surface area contributed by atoms with Crippen LogP contribution in [0.15, 0.2) is 29.5 Å². The number of methoxy groups -OCH3 is 2. The van der Waals surface area contributed by atoms with Crippen LogP contribution in [0.5, 0.6) is 11.5 Å². The van der Waals surface area contributed by atoms with Crippen LogP contribution in [0.4, 0.5) is 0 Å². The van der Waals surface area contributed by atoms with E-state index in [1.165, 1.54) is 0 Å². The fourth-order valence-corrected chi connectivity index (χ4v) is 2.95. The molecular formula is C19H26N4O2S. The van der Waals surface area contributed by atoms with Crippen molar-refractivity contribution in [3.05, 3.63) is 46.8 Å². The molecule has 1 heterocycles. The Morgan fingerprint density at radius 2 is 1.92 bits per heavy atom. The van der Waals surface area contributed by atoms with Gasteiger partial charge in [0.05, 0.1) is 19.9 Å². The van der Waals surface area contributed by atoms with Crippen molar-refractivity contribution in [2.45, 2.75) is 27.2 Å². The minimum Gasteiger partial charge on any atom is -0.493 e. The fourth-order valence-electron chi connectivity index (χ4n) is 2.80. The maximum atomic E-state index is 5.32. The van der Waals surface area contributed by atoms with Crippen molar-refractivity contribution in [1.82, 2.24) is 15.7 Å². The van der Waals surface area contributed by atoms with Crippen LogP contribution in [0.25, 0.3) is 0 Å². The zero-order chi connectivity index (χ0) is 19.1. The van der Waals surface area contributed by atoms with Gasteiger partial charge in [0.2, 0.25) is 0 Å². The Bertz CT molecular complexity index is 779. The second-order valence-electron chi connectivity index (χ2n) is 5.98. The summed E-state index contributed by atoms with van der Waals surface area (Å²) < 4.78 is 10.6. The number of H-pyrrole nitrogens is 1. The minimum absolute atomic E-state index is 0.496. The lowest BCUT2D eigenvalue weighted by atomic mass is 10.1. The Kier molecular flexibility index (Phi) is 7.03. The van der Waals surface area contributed by atoms with E-state index in [1.54, 1.807) is 14.2 Å². The zero-order valence-electron chi connectivity index (χ0n) is 15.9. The van der Waals surface area contributed by atoms with E-state index >= 15 is 0 Å². The van der Waals surface area contributed by atoms with E-state index in [2.05, 4.69) is 27.8 Å². The highest BCUT2D eigenvalue weighted by atomic mass is 32.1. The number of thiocarbonyl (C=S) groups is 1. The smallest absolute Gasteiger partial charge is 0.186 e. The van der Waals surface area contributed by atoms with E-state index < -0.39 is 0 Å². The molecule has 2 aromatic rings. The van der Waals surface area contributed by atoms with Crippen molar-refractivity contribution in [1.29, 1.82) is 0 Å². The fraction of sp³-hybridized carbons (Fsp3) is 0.368. The Labute approximate surface area is 160 Å². The van der Waals surface area contributed by atoms with E-state index in [1.807, 2.05) is 38.2 Å². The first-order valence-electron chi connectivity index (χ1n) is 8.40. The number of aryl methyl sites for hydroxylation is 2. The van der Waals surface area contributed by atoms with Gasteiger partial charge in [0.1, 0.15) is 0 Å². The second-order valence-corrected chi connectivity index (χ2v) is 6.38. The van der Waals surface area contributed by atoms with Gasteiger partial charge in [-0.25, -0.2) is 0 Å². The predicted octanol–water partition coefficient (Wildman–Crippen LogP) is 3.08. The molecule has 0 fully saturated rings. The molecule has 0 bridgehead atoms. The maximum absolute atomic E-state index is 5.32. The van der Waals surface area contributed by atoms with E-state index in [4.69, 9.17) is 21.7 Å². The molecule has 0 radical (unpaired) electrons. The number of nitrogens with zero attached hydrogens (tertiary/aromatic N) is 1. The Morgan fingerprint density at radius 3 is 2.54 bits per heavy atom. The van der Waals surface area contributed by atoms with Crippen LogP contribution in [0.3, 0.4) is 0 Å². The molecule has 0 saturated carbocycles. The highest BCUT2D eigenvalue weighted by Crippen LogP contribution is 2.27. The van der Waals surface area contributed by atoms with Crippen LogP contribution in [-0.4, -0.2) is 36.6 Å². The number of hydrogen-bond donors (Lipinski definition) is 3. The number of benzene rings is 1. The van der Waals surface area contributed by atoms with Crippen LogP contribution in [0, 0.1) is 13.8 Å². The van der Waals surface area contributed by atoms with Crippen LogP contribution in [0.2, 0.25) is 0 Å². The number of hydrazone groups is 1. The quantitative estimate of drug-likeness (QED) is 0.395. The first kappa shape index (κ1) is 19.8. The van der Waals surface area contributed by atoms with Crippen LogP contribution >= 0.6 is 12.2 Å². The number of rotatable bonds is 7. The number of aromatic amines is 1. The monoisotopic (exact) mass is 374 g/mol. The molecule has 0 amide bonds. The highest BCUT2D eigenvalue weighted by Gasteiger charge is 2.08. The van der Waals surface area contributed by atoms with Crippen molar-refractivity contribution < 1.29 is 9.47 Å². The van der Waals surface area contributed by atoms with Gasteiger partial charge in [0.25, 0.3) is 0 Å². The van der Waals surface area contributed by atoms with Gasteiger partial charge in [0, 0.05) is 24.0 Å². The van der Waals surface area contributed by atoms with Crippen LogP contribution in [-0.2, 0) is 6.42 Å². The van der Waals surface area contributed by atoms with E-state index in [0.29, 0.717) is 11.7 Å². The third kappa shape index (κ3) is 4.98. The average molecular weight is 375 g/mol. The lowest BCUT2D eigenvalue weighted by Gasteiger charge is -2.11. The molecule has 6 nitrogen and oxygen atoms in total. The summed E-state index contributed by atoms with van der Waals surface area (Å²) in [6.45, 7) is 6.74. The SMILES string of the molecule is COc1ccc(CCNC(=S)N/N=C(\C)c2c(C)c[nH]c2C)cc1OC. The number of aromatic nitrogens is 1. The van der Waals surface area contributed by atoms with E-state index in [0.717, 1.165) is 46.0 Å². The molecule has 1 aromatic carbocycles. The highest BCUT2D eigenvalue weighted by molar-refractivity contribution is 7.80. The van der Waals surface area contributed by atoms with Gasteiger partial charge in [-0.15, -0.1) is 0 Å². The molecule has 2 rings (SSSR count). The molecule has 7 heteroatoms. The van der Waals surface area contributed by atoms with Crippen molar-refractivity contribution >= 4 is 23.0 Å². The Balaban J connectivity index is 1.85. The van der Waals surface area contributed by atoms with Crippen molar-refractivity contribution in [3.8, 4) is 11.5 Å². The molecule has 0 aliphatic carbocycles. The molecule has 0 unspecified atom stereocenters. The summed E-state index contributed by atoms with van der Waals surface area (Å²) in [5, 5.41) is 8.03. The van der Waals surface area contributed by atoms with Gasteiger partial charge in [-0.3, -0.25) is 5.43 Å². The Morgan fingerprint density at radius 1 is 1.19 bits per heavy atom. The molecule has 140 valence electrons. The van der Waals surface area contributed by atoms with Gasteiger partial charge in [-0.1, -0.05) is 6.07 Å². The summed E-state index contributed by atoms with van der Waals surface area (Å²) in [6, 6.07) is 5.88. The zero-order valence-corrected chi connectivity index (χ0v) is 16.7. The summed E-state index contributed by atoms with van der Waals surface area (Å²) in [4.78, 5) is 3.20. The molecule has 1 aromatic heterocycles. The van der Waals surface area contributed by atoms with E-state index in [-0.39, 0.29) is 0 Å². The first-order chi connectivity index (χ1) is 12.5. The molecule has 0 spiro atoms. The second kappa shape index (κ2) is 9.24.